The molecule has 0 aromatic carbocycles. The van der Waals surface area contributed by atoms with Crippen molar-refractivity contribution in [1.82, 2.24) is 20.1 Å². The molecule has 0 saturated carbocycles. The molecule has 0 amide bonds. The first-order chi connectivity index (χ1) is 10.1. The van der Waals surface area contributed by atoms with E-state index >= 15 is 0 Å². The molecule has 1 aromatic rings. The first kappa shape index (κ1) is 16.4. The molecule has 2 heterocycles. The van der Waals surface area contributed by atoms with Crippen LogP contribution < -0.4 is 5.32 Å². The number of sulfone groups is 1. The van der Waals surface area contributed by atoms with Crippen LogP contribution >= 0.6 is 0 Å². The van der Waals surface area contributed by atoms with Crippen LogP contribution in [0.5, 0.6) is 0 Å². The molecule has 0 bridgehead atoms. The molecule has 1 saturated heterocycles. The van der Waals surface area contributed by atoms with E-state index < -0.39 is 9.84 Å². The van der Waals surface area contributed by atoms with Gasteiger partial charge < -0.3 is 5.32 Å². The summed E-state index contributed by atoms with van der Waals surface area (Å²) in [4.78, 5) is 4.37. The van der Waals surface area contributed by atoms with Crippen LogP contribution in [0.3, 0.4) is 0 Å². The smallest absolute Gasteiger partial charge is 0.150 e. The van der Waals surface area contributed by atoms with Crippen molar-refractivity contribution in [2.45, 2.75) is 39.7 Å². The topological polar surface area (TPSA) is 76.9 Å². The first-order valence-electron chi connectivity index (χ1n) is 7.83. The number of hydrogen-bond acceptors (Lipinski definition) is 5. The lowest BCUT2D eigenvalue weighted by Crippen LogP contribution is -2.31. The van der Waals surface area contributed by atoms with E-state index in [4.69, 9.17) is 0 Å². The van der Waals surface area contributed by atoms with Gasteiger partial charge in [-0.1, -0.05) is 13.8 Å². The van der Waals surface area contributed by atoms with E-state index in [1.54, 1.807) is 6.33 Å². The molecule has 120 valence electrons. The fourth-order valence-corrected chi connectivity index (χ4v) is 4.93. The third kappa shape index (κ3) is 4.51. The summed E-state index contributed by atoms with van der Waals surface area (Å²) in [5.74, 6) is 2.18. The van der Waals surface area contributed by atoms with Gasteiger partial charge in [-0.25, -0.2) is 13.4 Å². The maximum absolute atomic E-state index is 11.7. The van der Waals surface area contributed by atoms with Gasteiger partial charge in [-0.3, -0.25) is 4.68 Å². The molecule has 2 unspecified atom stereocenters. The van der Waals surface area contributed by atoms with E-state index in [1.165, 1.54) is 0 Å². The van der Waals surface area contributed by atoms with Crippen LogP contribution in [0, 0.1) is 11.8 Å². The maximum Gasteiger partial charge on any atom is 0.150 e. The van der Waals surface area contributed by atoms with E-state index in [0.29, 0.717) is 17.4 Å². The third-order valence-electron chi connectivity index (χ3n) is 4.17. The summed E-state index contributed by atoms with van der Waals surface area (Å²) in [6.07, 6.45) is 4.19. The Balaban J connectivity index is 2.07. The molecule has 2 rings (SSSR count). The second-order valence-electron chi connectivity index (χ2n) is 5.83. The van der Waals surface area contributed by atoms with E-state index in [2.05, 4.69) is 29.2 Å². The summed E-state index contributed by atoms with van der Waals surface area (Å²) >= 11 is 0. The average Bonchev–Trinajstić information content (AvgIpc) is 3.01. The van der Waals surface area contributed by atoms with E-state index in [0.717, 1.165) is 44.7 Å². The zero-order valence-electron chi connectivity index (χ0n) is 13.0. The van der Waals surface area contributed by atoms with Crippen molar-refractivity contribution in [3.05, 3.63) is 12.2 Å². The highest BCUT2D eigenvalue weighted by molar-refractivity contribution is 7.91. The molecule has 0 spiro atoms. The highest BCUT2D eigenvalue weighted by atomic mass is 32.2. The molecule has 21 heavy (non-hydrogen) atoms. The minimum absolute atomic E-state index is 0.237. The van der Waals surface area contributed by atoms with Gasteiger partial charge in [0.05, 0.1) is 11.5 Å². The fraction of sp³-hybridized carbons (Fsp3) is 0.857. The van der Waals surface area contributed by atoms with Crippen LogP contribution in [0.15, 0.2) is 6.33 Å². The standard InChI is InChI=1S/C14H26N4O2S/c1-3-6-18-14(16-11-17-18)8-13(9-15-4-2)12-5-7-21(19,20)10-12/h11-13,15H,3-10H2,1-2H3. The predicted molar refractivity (Wildman–Crippen MR) is 82.8 cm³/mol. The molecule has 7 heteroatoms. The Morgan fingerprint density at radius 3 is 2.90 bits per heavy atom. The predicted octanol–water partition coefficient (Wildman–Crippen LogP) is 0.891. The lowest BCUT2D eigenvalue weighted by Gasteiger charge is -2.22. The Kier molecular flexibility index (Phi) is 5.75. The molecule has 1 aromatic heterocycles. The van der Waals surface area contributed by atoms with Crippen LogP contribution in [-0.2, 0) is 22.8 Å². The van der Waals surface area contributed by atoms with Crippen LogP contribution in [0.1, 0.15) is 32.5 Å². The zero-order chi connectivity index (χ0) is 15.3. The highest BCUT2D eigenvalue weighted by Gasteiger charge is 2.34. The van der Waals surface area contributed by atoms with Gasteiger partial charge in [-0.05, 0) is 37.8 Å². The Morgan fingerprint density at radius 1 is 1.48 bits per heavy atom. The largest absolute Gasteiger partial charge is 0.317 e. The Bertz CT molecular complexity index is 541. The number of aryl methyl sites for hydroxylation is 1. The quantitative estimate of drug-likeness (QED) is 0.771. The summed E-state index contributed by atoms with van der Waals surface area (Å²) in [5.41, 5.74) is 0. The van der Waals surface area contributed by atoms with Crippen LogP contribution in [0.4, 0.5) is 0 Å². The van der Waals surface area contributed by atoms with Crippen LogP contribution in [0.2, 0.25) is 0 Å². The number of nitrogens with zero attached hydrogens (tertiary/aromatic N) is 3. The number of hydrogen-bond donors (Lipinski definition) is 1. The van der Waals surface area contributed by atoms with Crippen molar-refractivity contribution in [2.24, 2.45) is 11.8 Å². The second-order valence-corrected chi connectivity index (χ2v) is 8.06. The SMILES string of the molecule is CCCn1ncnc1CC(CNCC)C1CCS(=O)(=O)C1. The summed E-state index contributed by atoms with van der Waals surface area (Å²) in [7, 11) is -2.84. The zero-order valence-corrected chi connectivity index (χ0v) is 13.8. The van der Waals surface area contributed by atoms with Crippen LogP contribution in [-0.4, -0.2) is 47.8 Å². The summed E-state index contributed by atoms with van der Waals surface area (Å²) in [6.45, 7) is 6.80. The highest BCUT2D eigenvalue weighted by Crippen LogP contribution is 2.28. The molecule has 1 N–H and O–H groups in total. The van der Waals surface area contributed by atoms with Crippen molar-refractivity contribution < 1.29 is 8.42 Å². The maximum atomic E-state index is 11.7. The van der Waals surface area contributed by atoms with E-state index in [9.17, 15) is 8.42 Å². The monoisotopic (exact) mass is 314 g/mol. The fourth-order valence-electron chi connectivity index (χ4n) is 3.01. The molecule has 1 aliphatic heterocycles. The van der Waals surface area contributed by atoms with E-state index in [1.807, 2.05) is 4.68 Å². The summed E-state index contributed by atoms with van der Waals surface area (Å²) in [5, 5.41) is 7.63. The first-order valence-corrected chi connectivity index (χ1v) is 9.65. The number of aromatic nitrogens is 3. The third-order valence-corrected chi connectivity index (χ3v) is 5.96. The Labute approximate surface area is 127 Å². The lowest BCUT2D eigenvalue weighted by molar-refractivity contribution is 0.334. The van der Waals surface area contributed by atoms with Crippen molar-refractivity contribution >= 4 is 9.84 Å². The second kappa shape index (κ2) is 7.35. The van der Waals surface area contributed by atoms with Crippen molar-refractivity contribution in [2.75, 3.05) is 24.6 Å². The van der Waals surface area contributed by atoms with Gasteiger partial charge in [0.25, 0.3) is 0 Å². The van der Waals surface area contributed by atoms with Gasteiger partial charge in [-0.15, -0.1) is 0 Å². The number of rotatable bonds is 8. The molecule has 1 aliphatic rings. The molecule has 0 aliphatic carbocycles. The minimum Gasteiger partial charge on any atom is -0.317 e. The van der Waals surface area contributed by atoms with Gasteiger partial charge >= 0.3 is 0 Å². The molecule has 0 radical (unpaired) electrons. The summed E-state index contributed by atoms with van der Waals surface area (Å²) in [6, 6.07) is 0. The normalized spacial score (nSPS) is 22.5. The van der Waals surface area contributed by atoms with Crippen LogP contribution in [0.25, 0.3) is 0 Å². The van der Waals surface area contributed by atoms with Gasteiger partial charge in [0.2, 0.25) is 0 Å². The Morgan fingerprint density at radius 2 is 2.29 bits per heavy atom. The van der Waals surface area contributed by atoms with Crippen molar-refractivity contribution in [3.8, 4) is 0 Å². The minimum atomic E-state index is -2.84. The molecular formula is C14H26N4O2S. The van der Waals surface area contributed by atoms with Gasteiger partial charge in [0, 0.05) is 13.0 Å². The summed E-state index contributed by atoms with van der Waals surface area (Å²) < 4.78 is 25.4. The van der Waals surface area contributed by atoms with Crippen molar-refractivity contribution in [1.29, 1.82) is 0 Å². The molecule has 1 fully saturated rings. The Hall–Kier alpha value is -0.950. The van der Waals surface area contributed by atoms with Crippen molar-refractivity contribution in [3.63, 3.8) is 0 Å². The molecule has 2 atom stereocenters. The average molecular weight is 314 g/mol. The van der Waals surface area contributed by atoms with Gasteiger partial charge in [0.1, 0.15) is 12.2 Å². The van der Waals surface area contributed by atoms with Gasteiger partial charge in [-0.2, -0.15) is 5.10 Å². The molecular weight excluding hydrogens is 288 g/mol. The molecule has 6 nitrogen and oxygen atoms in total. The van der Waals surface area contributed by atoms with E-state index in [-0.39, 0.29) is 5.92 Å². The van der Waals surface area contributed by atoms with Gasteiger partial charge in [0.15, 0.2) is 9.84 Å². The lowest BCUT2D eigenvalue weighted by atomic mass is 9.88. The number of nitrogens with one attached hydrogen (secondary N) is 1.